The third kappa shape index (κ3) is 1.93. The molecular weight excluding hydrogens is 164 g/mol. The van der Waals surface area contributed by atoms with Crippen molar-refractivity contribution < 1.29 is 0 Å². The molecular formula is C8H13ClS. The maximum atomic E-state index is 5.84. The summed E-state index contributed by atoms with van der Waals surface area (Å²) < 4.78 is 0.972. The minimum absolute atomic E-state index is 0.387. The van der Waals surface area contributed by atoms with Crippen LogP contribution in [-0.4, -0.2) is 5.25 Å². The van der Waals surface area contributed by atoms with Crippen LogP contribution < -0.4 is 0 Å². The molecule has 0 aliphatic carbocycles. The molecule has 0 aromatic rings. The topological polar surface area (TPSA) is 0 Å². The highest BCUT2D eigenvalue weighted by Gasteiger charge is 2.28. The minimum atomic E-state index is 0.387. The predicted octanol–water partition coefficient (Wildman–Crippen LogP) is 3.62. The number of halogens is 1. The molecule has 0 radical (unpaired) electrons. The first-order chi connectivity index (χ1) is 4.50. The van der Waals surface area contributed by atoms with Crippen LogP contribution in [0, 0.1) is 5.41 Å². The van der Waals surface area contributed by atoms with E-state index < -0.39 is 0 Å². The second kappa shape index (κ2) is 2.78. The van der Waals surface area contributed by atoms with Crippen molar-refractivity contribution in [3.63, 3.8) is 0 Å². The summed E-state index contributed by atoms with van der Waals surface area (Å²) in [6.07, 6.45) is 3.25. The van der Waals surface area contributed by atoms with Crippen LogP contribution in [0.4, 0.5) is 0 Å². The molecule has 0 N–H and O–H groups in total. The molecule has 0 aromatic carbocycles. The van der Waals surface area contributed by atoms with E-state index in [-0.39, 0.29) is 0 Å². The van der Waals surface area contributed by atoms with Gasteiger partial charge in [0.15, 0.2) is 0 Å². The van der Waals surface area contributed by atoms with Crippen molar-refractivity contribution in [2.75, 3.05) is 0 Å². The largest absolute Gasteiger partial charge is 0.110 e. The highest BCUT2D eigenvalue weighted by atomic mass is 35.5. The van der Waals surface area contributed by atoms with Gasteiger partial charge in [-0.05, 0) is 11.8 Å². The van der Waals surface area contributed by atoms with Gasteiger partial charge in [-0.1, -0.05) is 38.4 Å². The molecule has 10 heavy (non-hydrogen) atoms. The van der Waals surface area contributed by atoms with Gasteiger partial charge in [-0.25, -0.2) is 0 Å². The monoisotopic (exact) mass is 176 g/mol. The quantitative estimate of drug-likeness (QED) is 0.544. The van der Waals surface area contributed by atoms with Gasteiger partial charge in [0.25, 0.3) is 0 Å². The molecule has 1 aliphatic heterocycles. The zero-order chi connectivity index (χ0) is 7.78. The van der Waals surface area contributed by atoms with Crippen LogP contribution in [0.2, 0.25) is 0 Å². The fraction of sp³-hybridized carbons (Fsp3) is 0.750. The number of thioether (sulfide) groups is 1. The van der Waals surface area contributed by atoms with Gasteiger partial charge in [-0.3, -0.25) is 0 Å². The number of allylic oxidation sites excluding steroid dienone is 1. The lowest BCUT2D eigenvalue weighted by Crippen LogP contribution is -2.20. The summed E-state index contributed by atoms with van der Waals surface area (Å²) in [4.78, 5) is 0. The number of hydrogen-bond donors (Lipinski definition) is 0. The fourth-order valence-corrected chi connectivity index (χ4v) is 2.38. The van der Waals surface area contributed by atoms with Gasteiger partial charge in [0.05, 0.1) is 4.36 Å². The predicted molar refractivity (Wildman–Crippen MR) is 49.4 cm³/mol. The van der Waals surface area contributed by atoms with Gasteiger partial charge in [-0.2, -0.15) is 0 Å². The Balaban J connectivity index is 2.50. The van der Waals surface area contributed by atoms with Crippen LogP contribution in [0.5, 0.6) is 0 Å². The van der Waals surface area contributed by atoms with Crippen LogP contribution in [0.3, 0.4) is 0 Å². The van der Waals surface area contributed by atoms with Crippen LogP contribution in [-0.2, 0) is 0 Å². The minimum Gasteiger partial charge on any atom is -0.110 e. The van der Waals surface area contributed by atoms with Crippen LogP contribution in [0.25, 0.3) is 0 Å². The van der Waals surface area contributed by atoms with E-state index in [4.69, 9.17) is 11.6 Å². The number of hydrogen-bond acceptors (Lipinski definition) is 1. The molecule has 1 unspecified atom stereocenters. The van der Waals surface area contributed by atoms with Crippen molar-refractivity contribution in [3.05, 3.63) is 10.4 Å². The van der Waals surface area contributed by atoms with Crippen molar-refractivity contribution in [1.82, 2.24) is 0 Å². The van der Waals surface area contributed by atoms with E-state index >= 15 is 0 Å². The summed E-state index contributed by atoms with van der Waals surface area (Å²) in [5.41, 5.74) is 0.387. The van der Waals surface area contributed by atoms with Crippen molar-refractivity contribution in [2.24, 2.45) is 5.41 Å². The second-order valence-electron chi connectivity index (χ2n) is 3.72. The molecule has 58 valence electrons. The fourth-order valence-electron chi connectivity index (χ4n) is 0.962. The van der Waals surface area contributed by atoms with Gasteiger partial charge < -0.3 is 0 Å². The van der Waals surface area contributed by atoms with Crippen molar-refractivity contribution in [1.29, 1.82) is 0 Å². The first kappa shape index (κ1) is 8.48. The summed E-state index contributed by atoms with van der Waals surface area (Å²) in [6, 6.07) is 0. The second-order valence-corrected chi connectivity index (χ2v) is 5.59. The molecule has 1 aliphatic rings. The summed E-state index contributed by atoms with van der Waals surface area (Å²) in [7, 11) is 0. The Hall–Kier alpha value is 0.380. The summed E-state index contributed by atoms with van der Waals surface area (Å²) in [6.45, 7) is 6.77. The van der Waals surface area contributed by atoms with Gasteiger partial charge in [0.2, 0.25) is 0 Å². The normalized spacial score (nSPS) is 26.8. The molecule has 0 nitrogen and oxygen atoms in total. The zero-order valence-electron chi connectivity index (χ0n) is 6.65. The SMILES string of the molecule is CC(C)(C)C1CC=C(Cl)S1. The number of rotatable bonds is 0. The highest BCUT2D eigenvalue weighted by molar-refractivity contribution is 8.05. The Bertz CT molecular complexity index is 155. The first-order valence-corrected chi connectivity index (χ1v) is 4.78. The van der Waals surface area contributed by atoms with Gasteiger partial charge >= 0.3 is 0 Å². The van der Waals surface area contributed by atoms with E-state index in [1.54, 1.807) is 11.8 Å². The summed E-state index contributed by atoms with van der Waals surface area (Å²) in [5, 5.41) is 0.681. The van der Waals surface area contributed by atoms with E-state index in [1.807, 2.05) is 0 Å². The maximum absolute atomic E-state index is 5.84. The van der Waals surface area contributed by atoms with E-state index in [0.29, 0.717) is 10.7 Å². The Labute approximate surface area is 72.0 Å². The van der Waals surface area contributed by atoms with Gasteiger partial charge in [0.1, 0.15) is 0 Å². The van der Waals surface area contributed by atoms with Crippen molar-refractivity contribution >= 4 is 23.4 Å². The van der Waals surface area contributed by atoms with Crippen LogP contribution in [0.15, 0.2) is 10.4 Å². The van der Waals surface area contributed by atoms with E-state index in [2.05, 4.69) is 26.8 Å². The molecule has 0 saturated heterocycles. The molecule has 1 rings (SSSR count). The Kier molecular flexibility index (Phi) is 2.36. The lowest BCUT2D eigenvalue weighted by molar-refractivity contribution is 0.398. The lowest BCUT2D eigenvalue weighted by atomic mass is 9.90. The molecule has 0 aromatic heterocycles. The average Bonchev–Trinajstić information content (AvgIpc) is 2.11. The molecule has 0 amide bonds. The Morgan fingerprint density at radius 2 is 2.20 bits per heavy atom. The third-order valence-corrected chi connectivity index (χ3v) is 3.71. The summed E-state index contributed by atoms with van der Waals surface area (Å²) in [5.74, 6) is 0. The Morgan fingerprint density at radius 3 is 2.40 bits per heavy atom. The van der Waals surface area contributed by atoms with Crippen LogP contribution >= 0.6 is 23.4 Å². The standard InChI is InChI=1S/C8H13ClS/c1-8(2,3)6-4-5-7(9)10-6/h5-6H,4H2,1-3H3. The molecule has 0 bridgehead atoms. The molecule has 0 saturated carbocycles. The zero-order valence-corrected chi connectivity index (χ0v) is 8.22. The van der Waals surface area contributed by atoms with Gasteiger partial charge in [-0.15, -0.1) is 11.8 Å². The maximum Gasteiger partial charge on any atom is 0.0698 e. The van der Waals surface area contributed by atoms with Crippen molar-refractivity contribution in [3.8, 4) is 0 Å². The Morgan fingerprint density at radius 1 is 1.60 bits per heavy atom. The molecule has 2 heteroatoms. The molecule has 0 fully saturated rings. The molecule has 1 atom stereocenters. The smallest absolute Gasteiger partial charge is 0.0698 e. The summed E-state index contributed by atoms with van der Waals surface area (Å²) >= 11 is 7.64. The van der Waals surface area contributed by atoms with Gasteiger partial charge in [0, 0.05) is 5.25 Å². The third-order valence-electron chi connectivity index (χ3n) is 1.71. The van der Waals surface area contributed by atoms with Crippen LogP contribution in [0.1, 0.15) is 27.2 Å². The molecule has 1 heterocycles. The van der Waals surface area contributed by atoms with Crippen molar-refractivity contribution in [2.45, 2.75) is 32.4 Å². The lowest BCUT2D eigenvalue weighted by Gasteiger charge is -2.25. The van der Waals surface area contributed by atoms with E-state index in [0.717, 1.165) is 10.8 Å². The van der Waals surface area contributed by atoms with E-state index in [9.17, 15) is 0 Å². The average molecular weight is 177 g/mol. The highest BCUT2D eigenvalue weighted by Crippen LogP contribution is 2.43. The first-order valence-electron chi connectivity index (χ1n) is 3.52. The molecule has 0 spiro atoms. The van der Waals surface area contributed by atoms with E-state index in [1.165, 1.54) is 0 Å².